The van der Waals surface area contributed by atoms with Crippen LogP contribution in [0.4, 0.5) is 5.69 Å². The average Bonchev–Trinajstić information content (AvgIpc) is 2.41. The predicted molar refractivity (Wildman–Crippen MR) is 77.5 cm³/mol. The number of rotatable bonds is 3. The highest BCUT2D eigenvalue weighted by molar-refractivity contribution is 6.35. The van der Waals surface area contributed by atoms with Crippen molar-refractivity contribution in [3.63, 3.8) is 0 Å². The maximum atomic E-state index is 9.90. The number of aromatic hydroxyl groups is 1. The Bertz CT molecular complexity index is 600. The summed E-state index contributed by atoms with van der Waals surface area (Å²) >= 11 is 11.8. The summed E-state index contributed by atoms with van der Waals surface area (Å²) in [4.78, 5) is 0. The quantitative estimate of drug-likeness (QED) is 0.742. The minimum atomic E-state index is -0.337. The minimum Gasteiger partial charge on any atom is -0.506 e. The van der Waals surface area contributed by atoms with Crippen LogP contribution in [-0.4, -0.2) is 5.11 Å². The molecule has 1 unspecified atom stereocenters. The molecule has 0 bridgehead atoms. The molecule has 0 amide bonds. The van der Waals surface area contributed by atoms with Gasteiger partial charge in [0.2, 0.25) is 0 Å². The summed E-state index contributed by atoms with van der Waals surface area (Å²) in [6, 6.07) is 12.2. The fourth-order valence-electron chi connectivity index (χ4n) is 1.61. The molecule has 0 saturated carbocycles. The van der Waals surface area contributed by atoms with Crippen LogP contribution in [0.3, 0.4) is 0 Å². The van der Waals surface area contributed by atoms with Crippen molar-refractivity contribution in [1.29, 1.82) is 0 Å². The average molecular weight is 295 g/mol. The lowest BCUT2D eigenvalue weighted by atomic mass is 10.1. The van der Waals surface area contributed by atoms with Crippen molar-refractivity contribution >= 4 is 28.9 Å². The third-order valence-electron chi connectivity index (χ3n) is 2.61. The molecule has 0 heterocycles. The van der Waals surface area contributed by atoms with E-state index in [-0.39, 0.29) is 16.8 Å². The molecular formula is C14H12Cl2N2O. The van der Waals surface area contributed by atoms with Gasteiger partial charge in [0.25, 0.3) is 0 Å². The van der Waals surface area contributed by atoms with Gasteiger partial charge < -0.3 is 5.11 Å². The number of halogens is 2. The Morgan fingerprint density at radius 3 is 2.47 bits per heavy atom. The summed E-state index contributed by atoms with van der Waals surface area (Å²) in [6.45, 7) is 1.81. The topological polar surface area (TPSA) is 45.0 Å². The first-order valence-corrected chi connectivity index (χ1v) is 6.47. The maximum absolute atomic E-state index is 9.90. The van der Waals surface area contributed by atoms with E-state index in [2.05, 4.69) is 10.2 Å². The summed E-state index contributed by atoms with van der Waals surface area (Å²) in [7, 11) is 0. The maximum Gasteiger partial charge on any atom is 0.139 e. The van der Waals surface area contributed by atoms with Crippen LogP contribution in [-0.2, 0) is 0 Å². The molecular weight excluding hydrogens is 283 g/mol. The molecule has 2 aromatic rings. The van der Waals surface area contributed by atoms with E-state index in [1.165, 1.54) is 6.07 Å². The highest BCUT2D eigenvalue weighted by Gasteiger charge is 2.13. The lowest BCUT2D eigenvalue weighted by Gasteiger charge is -2.10. The SMILES string of the molecule is CC(N=Nc1ccccc1)c1cc(Cl)cc(Cl)c1O. The molecule has 98 valence electrons. The van der Waals surface area contributed by atoms with Crippen molar-refractivity contribution in [3.05, 3.63) is 58.1 Å². The number of benzene rings is 2. The third-order valence-corrected chi connectivity index (χ3v) is 3.12. The molecule has 2 aromatic carbocycles. The summed E-state index contributed by atoms with van der Waals surface area (Å²) in [5.41, 5.74) is 1.30. The highest BCUT2D eigenvalue weighted by Crippen LogP contribution is 2.36. The number of nitrogens with zero attached hydrogens (tertiary/aromatic N) is 2. The summed E-state index contributed by atoms with van der Waals surface area (Å²) < 4.78 is 0. The van der Waals surface area contributed by atoms with Gasteiger partial charge >= 0.3 is 0 Å². The Morgan fingerprint density at radius 1 is 1.11 bits per heavy atom. The molecule has 3 nitrogen and oxygen atoms in total. The Labute approximate surface area is 121 Å². The van der Waals surface area contributed by atoms with Crippen molar-refractivity contribution < 1.29 is 5.11 Å². The normalized spacial score (nSPS) is 12.8. The molecule has 0 radical (unpaired) electrons. The lowest BCUT2D eigenvalue weighted by molar-refractivity contribution is 0.463. The van der Waals surface area contributed by atoms with Crippen molar-refractivity contribution in [2.45, 2.75) is 13.0 Å². The molecule has 0 aliphatic carbocycles. The van der Waals surface area contributed by atoms with E-state index in [9.17, 15) is 5.11 Å². The van der Waals surface area contributed by atoms with Gasteiger partial charge in [0.05, 0.1) is 16.8 Å². The van der Waals surface area contributed by atoms with E-state index < -0.39 is 0 Å². The molecule has 0 aromatic heterocycles. The van der Waals surface area contributed by atoms with Crippen LogP contribution in [0.15, 0.2) is 52.7 Å². The largest absolute Gasteiger partial charge is 0.506 e. The molecule has 19 heavy (non-hydrogen) atoms. The number of hydrogen-bond donors (Lipinski definition) is 1. The molecule has 0 aliphatic heterocycles. The van der Waals surface area contributed by atoms with E-state index in [1.54, 1.807) is 6.07 Å². The van der Waals surface area contributed by atoms with Gasteiger partial charge in [0.15, 0.2) is 0 Å². The number of hydrogen-bond acceptors (Lipinski definition) is 3. The first-order chi connectivity index (χ1) is 9.08. The molecule has 0 saturated heterocycles. The van der Waals surface area contributed by atoms with Gasteiger partial charge in [-0.25, -0.2) is 0 Å². The van der Waals surface area contributed by atoms with Crippen molar-refractivity contribution in [2.75, 3.05) is 0 Å². The van der Waals surface area contributed by atoms with E-state index >= 15 is 0 Å². The van der Waals surface area contributed by atoms with Crippen molar-refractivity contribution in [1.82, 2.24) is 0 Å². The van der Waals surface area contributed by atoms with Crippen molar-refractivity contribution in [3.8, 4) is 5.75 Å². The number of phenols is 1. The molecule has 5 heteroatoms. The Kier molecular flexibility index (Phi) is 4.40. The smallest absolute Gasteiger partial charge is 0.139 e. The summed E-state index contributed by atoms with van der Waals surface area (Å²) in [6.07, 6.45) is 0. The van der Waals surface area contributed by atoms with Crippen LogP contribution in [0.1, 0.15) is 18.5 Å². The highest BCUT2D eigenvalue weighted by atomic mass is 35.5. The summed E-state index contributed by atoms with van der Waals surface area (Å²) in [5, 5.41) is 18.8. The Balaban J connectivity index is 2.25. The van der Waals surface area contributed by atoms with E-state index in [0.717, 1.165) is 5.69 Å². The first-order valence-electron chi connectivity index (χ1n) is 5.71. The van der Waals surface area contributed by atoms with Crippen LogP contribution in [0.2, 0.25) is 10.0 Å². The van der Waals surface area contributed by atoms with E-state index in [1.807, 2.05) is 37.3 Å². The van der Waals surface area contributed by atoms with Crippen LogP contribution in [0.25, 0.3) is 0 Å². The fraction of sp³-hybridized carbons (Fsp3) is 0.143. The fourth-order valence-corrected chi connectivity index (χ4v) is 2.12. The zero-order valence-corrected chi connectivity index (χ0v) is 11.7. The van der Waals surface area contributed by atoms with Crippen LogP contribution in [0.5, 0.6) is 5.75 Å². The van der Waals surface area contributed by atoms with Gasteiger partial charge in [0.1, 0.15) is 5.75 Å². The number of azo groups is 1. The summed E-state index contributed by atoms with van der Waals surface area (Å²) in [5.74, 6) is -0.00872. The Hall–Kier alpha value is -1.58. The number of phenolic OH excluding ortho intramolecular Hbond substituents is 1. The van der Waals surface area contributed by atoms with Gasteiger partial charge in [-0.3, -0.25) is 0 Å². The molecule has 1 N–H and O–H groups in total. The molecule has 0 fully saturated rings. The second-order valence-electron chi connectivity index (χ2n) is 4.05. The van der Waals surface area contributed by atoms with E-state index in [0.29, 0.717) is 10.6 Å². The zero-order valence-electron chi connectivity index (χ0n) is 10.2. The predicted octanol–water partition coefficient (Wildman–Crippen LogP) is 5.54. The molecule has 2 rings (SSSR count). The van der Waals surface area contributed by atoms with Crippen LogP contribution in [0, 0.1) is 0 Å². The minimum absolute atomic E-state index is 0.00872. The standard InChI is InChI=1S/C14H12Cl2N2O/c1-9(17-18-11-5-3-2-4-6-11)12-7-10(15)8-13(16)14(12)19/h2-9,19H,1H3. The second-order valence-corrected chi connectivity index (χ2v) is 4.90. The lowest BCUT2D eigenvalue weighted by Crippen LogP contribution is -1.90. The van der Waals surface area contributed by atoms with Crippen LogP contribution >= 0.6 is 23.2 Å². The van der Waals surface area contributed by atoms with Gasteiger partial charge in [-0.2, -0.15) is 10.2 Å². The monoisotopic (exact) mass is 294 g/mol. The van der Waals surface area contributed by atoms with Gasteiger partial charge in [-0.15, -0.1) is 0 Å². The Morgan fingerprint density at radius 2 is 1.79 bits per heavy atom. The third kappa shape index (κ3) is 3.46. The van der Waals surface area contributed by atoms with Gasteiger partial charge in [-0.1, -0.05) is 41.4 Å². The van der Waals surface area contributed by atoms with Crippen molar-refractivity contribution in [2.24, 2.45) is 10.2 Å². The van der Waals surface area contributed by atoms with Crippen LogP contribution < -0.4 is 0 Å². The van der Waals surface area contributed by atoms with Gasteiger partial charge in [0, 0.05) is 10.6 Å². The first kappa shape index (κ1) is 13.8. The molecule has 0 spiro atoms. The van der Waals surface area contributed by atoms with E-state index in [4.69, 9.17) is 23.2 Å². The molecule has 0 aliphatic rings. The second kappa shape index (κ2) is 6.04. The van der Waals surface area contributed by atoms with Gasteiger partial charge in [-0.05, 0) is 31.2 Å². The zero-order chi connectivity index (χ0) is 13.8. The molecule has 1 atom stereocenters.